The van der Waals surface area contributed by atoms with Crippen molar-refractivity contribution in [1.82, 2.24) is 0 Å². The van der Waals surface area contributed by atoms with Crippen LogP contribution in [0, 0.1) is 0 Å². The van der Waals surface area contributed by atoms with Crippen molar-refractivity contribution in [2.45, 2.75) is 31.6 Å². The zero-order valence-electron chi connectivity index (χ0n) is 9.78. The van der Waals surface area contributed by atoms with Gasteiger partial charge >= 0.3 is 0 Å². The van der Waals surface area contributed by atoms with Crippen LogP contribution in [0.2, 0.25) is 0 Å². The van der Waals surface area contributed by atoms with Crippen LogP contribution in [0.1, 0.15) is 37.2 Å². The van der Waals surface area contributed by atoms with E-state index >= 15 is 0 Å². The Morgan fingerprint density at radius 3 is 2.47 bits per heavy atom. The molecule has 1 aliphatic heterocycles. The largest absolute Gasteiger partial charge is 0.482 e. The summed E-state index contributed by atoms with van der Waals surface area (Å²) >= 11 is 0. The number of carbonyl (C=O) groups excluding carboxylic acids is 1. The second kappa shape index (κ2) is 4.40. The number of carbonyl (C=O) groups is 1. The maximum Gasteiger partial charge on any atom is 0.207 e. The predicted octanol–water partition coefficient (Wildman–Crippen LogP) is 2.68. The summed E-state index contributed by atoms with van der Waals surface area (Å²) in [6.07, 6.45) is 5.16. The Balaban J connectivity index is 1.87. The summed E-state index contributed by atoms with van der Waals surface area (Å²) in [5.41, 5.74) is 1.32. The van der Waals surface area contributed by atoms with Gasteiger partial charge in [-0.1, -0.05) is 18.9 Å². The minimum absolute atomic E-state index is 0.0105. The van der Waals surface area contributed by atoms with Gasteiger partial charge in [0, 0.05) is 0 Å². The number of ether oxygens (including phenoxy) is 2. The van der Waals surface area contributed by atoms with E-state index in [1.165, 1.54) is 31.2 Å². The van der Waals surface area contributed by atoms with Crippen LogP contribution in [0.5, 0.6) is 11.5 Å². The molecule has 0 N–H and O–H groups in total. The zero-order chi connectivity index (χ0) is 11.7. The molecule has 1 saturated carbocycles. The van der Waals surface area contributed by atoms with Gasteiger partial charge in [-0.15, -0.1) is 0 Å². The second-order valence-corrected chi connectivity index (χ2v) is 4.80. The normalized spacial score (nSPS) is 20.4. The Morgan fingerprint density at radius 1 is 1.00 bits per heavy atom. The van der Waals surface area contributed by atoms with Gasteiger partial charge in [0.25, 0.3) is 0 Å². The Hall–Kier alpha value is -1.51. The van der Waals surface area contributed by atoms with Crippen LogP contribution < -0.4 is 9.47 Å². The lowest BCUT2D eigenvalue weighted by Crippen LogP contribution is -2.15. The third-order valence-corrected chi connectivity index (χ3v) is 3.57. The molecule has 3 heteroatoms. The average molecular weight is 232 g/mol. The molecule has 0 spiro atoms. The molecule has 0 unspecified atom stereocenters. The van der Waals surface area contributed by atoms with Crippen LogP contribution in [-0.2, 0) is 4.79 Å². The summed E-state index contributed by atoms with van der Waals surface area (Å²) in [5, 5.41) is 0. The number of hydrogen-bond donors (Lipinski definition) is 0. The third kappa shape index (κ3) is 2.14. The monoisotopic (exact) mass is 232 g/mol. The van der Waals surface area contributed by atoms with E-state index in [0.717, 1.165) is 5.75 Å². The lowest BCUT2D eigenvalue weighted by Gasteiger charge is -2.13. The van der Waals surface area contributed by atoms with E-state index < -0.39 is 0 Å². The smallest absolute Gasteiger partial charge is 0.207 e. The summed E-state index contributed by atoms with van der Waals surface area (Å²) in [6.45, 7) is 0.247. The molecule has 3 nitrogen and oxygen atoms in total. The van der Waals surface area contributed by atoms with Gasteiger partial charge in [0.15, 0.2) is 24.7 Å². The SMILES string of the molecule is O=C1COc2ccc(C3CCCC3)cc2OC1. The van der Waals surface area contributed by atoms with Crippen LogP contribution in [0.25, 0.3) is 0 Å². The number of benzene rings is 1. The molecule has 1 aromatic rings. The van der Waals surface area contributed by atoms with E-state index in [1.807, 2.05) is 12.1 Å². The van der Waals surface area contributed by atoms with Crippen molar-refractivity contribution in [1.29, 1.82) is 0 Å². The van der Waals surface area contributed by atoms with Crippen molar-refractivity contribution < 1.29 is 14.3 Å². The summed E-state index contributed by atoms with van der Waals surface area (Å²) in [5.74, 6) is 2.06. The maximum atomic E-state index is 11.2. The van der Waals surface area contributed by atoms with Crippen molar-refractivity contribution in [2.24, 2.45) is 0 Å². The van der Waals surface area contributed by atoms with Gasteiger partial charge in [-0.05, 0) is 36.5 Å². The Morgan fingerprint density at radius 2 is 1.71 bits per heavy atom. The fraction of sp³-hybridized carbons (Fsp3) is 0.500. The molecular weight excluding hydrogens is 216 g/mol. The number of Topliss-reactive ketones (excluding diaryl/α,β-unsaturated/α-hetero) is 1. The molecule has 0 saturated heterocycles. The van der Waals surface area contributed by atoms with Crippen molar-refractivity contribution in [3.05, 3.63) is 23.8 Å². The van der Waals surface area contributed by atoms with E-state index in [2.05, 4.69) is 6.07 Å². The molecule has 0 aromatic heterocycles. The van der Waals surface area contributed by atoms with E-state index in [9.17, 15) is 4.79 Å². The lowest BCUT2D eigenvalue weighted by atomic mass is 9.97. The third-order valence-electron chi connectivity index (χ3n) is 3.57. The first-order valence-corrected chi connectivity index (χ1v) is 6.24. The molecule has 90 valence electrons. The highest BCUT2D eigenvalue weighted by molar-refractivity contribution is 5.82. The quantitative estimate of drug-likeness (QED) is 0.746. The van der Waals surface area contributed by atoms with E-state index in [4.69, 9.17) is 9.47 Å². The van der Waals surface area contributed by atoms with E-state index in [-0.39, 0.29) is 19.0 Å². The minimum Gasteiger partial charge on any atom is -0.482 e. The average Bonchev–Trinajstić information content (AvgIpc) is 2.82. The molecule has 0 atom stereocenters. The summed E-state index contributed by atoms with van der Waals surface area (Å²) < 4.78 is 10.9. The number of rotatable bonds is 1. The van der Waals surface area contributed by atoms with Crippen LogP contribution in [0.3, 0.4) is 0 Å². The fourth-order valence-electron chi connectivity index (χ4n) is 2.63. The highest BCUT2D eigenvalue weighted by Gasteiger charge is 2.20. The highest BCUT2D eigenvalue weighted by atomic mass is 16.5. The van der Waals surface area contributed by atoms with Crippen LogP contribution >= 0.6 is 0 Å². The Kier molecular flexibility index (Phi) is 2.75. The van der Waals surface area contributed by atoms with Gasteiger partial charge in [0.05, 0.1) is 0 Å². The van der Waals surface area contributed by atoms with Gasteiger partial charge in [-0.25, -0.2) is 0 Å². The fourth-order valence-corrected chi connectivity index (χ4v) is 2.63. The highest BCUT2D eigenvalue weighted by Crippen LogP contribution is 2.38. The number of ketones is 1. The van der Waals surface area contributed by atoms with Gasteiger partial charge in [-0.2, -0.15) is 0 Å². The van der Waals surface area contributed by atoms with E-state index in [1.54, 1.807) is 0 Å². The molecule has 1 heterocycles. The predicted molar refractivity (Wildman–Crippen MR) is 63.6 cm³/mol. The first kappa shape index (κ1) is 10.6. The Bertz CT molecular complexity index is 433. The van der Waals surface area contributed by atoms with Crippen molar-refractivity contribution in [2.75, 3.05) is 13.2 Å². The minimum atomic E-state index is -0.0105. The van der Waals surface area contributed by atoms with Crippen molar-refractivity contribution in [3.63, 3.8) is 0 Å². The lowest BCUT2D eigenvalue weighted by molar-refractivity contribution is -0.122. The molecule has 3 rings (SSSR count). The molecule has 2 aliphatic rings. The second-order valence-electron chi connectivity index (χ2n) is 4.80. The molecule has 0 bridgehead atoms. The molecule has 1 aliphatic carbocycles. The van der Waals surface area contributed by atoms with Gasteiger partial charge in [-0.3, -0.25) is 4.79 Å². The first-order chi connectivity index (χ1) is 8.33. The van der Waals surface area contributed by atoms with Crippen LogP contribution in [-0.4, -0.2) is 19.0 Å². The number of fused-ring (bicyclic) bond motifs is 1. The van der Waals surface area contributed by atoms with Crippen molar-refractivity contribution >= 4 is 5.78 Å². The summed E-state index contributed by atoms with van der Waals surface area (Å²) in [4.78, 5) is 11.2. The molecular formula is C14H16O3. The van der Waals surface area contributed by atoms with E-state index in [0.29, 0.717) is 11.7 Å². The van der Waals surface area contributed by atoms with Gasteiger partial charge in [0.2, 0.25) is 5.78 Å². The Labute approximate surface area is 101 Å². The summed E-state index contributed by atoms with van der Waals surface area (Å²) in [6, 6.07) is 6.08. The maximum absolute atomic E-state index is 11.2. The molecule has 0 amide bonds. The van der Waals surface area contributed by atoms with Crippen molar-refractivity contribution in [3.8, 4) is 11.5 Å². The topological polar surface area (TPSA) is 35.5 Å². The molecule has 1 aromatic carbocycles. The standard InChI is InChI=1S/C14H16O3/c15-12-8-16-13-6-5-11(7-14(13)17-9-12)10-3-1-2-4-10/h5-7,10H,1-4,8-9H2. The first-order valence-electron chi connectivity index (χ1n) is 6.24. The van der Waals surface area contributed by atoms with Gasteiger partial charge in [0.1, 0.15) is 0 Å². The molecule has 0 radical (unpaired) electrons. The van der Waals surface area contributed by atoms with Crippen LogP contribution in [0.15, 0.2) is 18.2 Å². The van der Waals surface area contributed by atoms with Gasteiger partial charge < -0.3 is 9.47 Å². The molecule has 1 fully saturated rings. The zero-order valence-corrected chi connectivity index (χ0v) is 9.78. The number of hydrogen-bond acceptors (Lipinski definition) is 3. The van der Waals surface area contributed by atoms with Crippen LogP contribution in [0.4, 0.5) is 0 Å². The molecule has 17 heavy (non-hydrogen) atoms. The summed E-state index contributed by atoms with van der Waals surface area (Å²) in [7, 11) is 0.